The van der Waals surface area contributed by atoms with Gasteiger partial charge in [0.2, 0.25) is 5.91 Å². The highest BCUT2D eigenvalue weighted by atomic mass is 35.5. The fourth-order valence-electron chi connectivity index (χ4n) is 4.71. The van der Waals surface area contributed by atoms with E-state index in [4.69, 9.17) is 16.3 Å². The van der Waals surface area contributed by atoms with E-state index in [0.29, 0.717) is 49.6 Å². The Hall–Kier alpha value is -3.01. The minimum Gasteiger partial charge on any atom is -0.353 e. The average molecular weight is 517 g/mol. The molecule has 1 spiro atoms. The number of ether oxygens (including phenoxy) is 1. The van der Waals surface area contributed by atoms with Crippen LogP contribution in [0.4, 0.5) is 4.39 Å². The van der Waals surface area contributed by atoms with Gasteiger partial charge in [-0.2, -0.15) is 0 Å². The Bertz CT molecular complexity index is 1140. The molecule has 2 heterocycles. The predicted octanol–water partition coefficient (Wildman–Crippen LogP) is 2.63. The lowest BCUT2D eigenvalue weighted by atomic mass is 9.96. The zero-order valence-electron chi connectivity index (χ0n) is 20.4. The summed E-state index contributed by atoms with van der Waals surface area (Å²) in [5.74, 6) is -1.55. The standard InChI is InChI=1S/C26H30ClFN4O4/c1-30(2)15-12-29-23(33)22-17-36-26(32(22)24(34)18-6-5-7-19(28)16-18)10-13-31(14-11-26)25(35)20-8-3-4-9-21(20)27/h3-9,16,22H,10-15,17H2,1-2H3,(H,29,33)/t22-/m0/s1. The first-order chi connectivity index (χ1) is 17.2. The van der Waals surface area contributed by atoms with Crippen molar-refractivity contribution in [2.24, 2.45) is 0 Å². The molecule has 2 saturated heterocycles. The lowest BCUT2D eigenvalue weighted by Crippen LogP contribution is -2.60. The summed E-state index contributed by atoms with van der Waals surface area (Å²) in [6.45, 7) is 1.70. The van der Waals surface area contributed by atoms with Gasteiger partial charge in [0.1, 0.15) is 17.6 Å². The van der Waals surface area contributed by atoms with Crippen LogP contribution in [0.25, 0.3) is 0 Å². The van der Waals surface area contributed by atoms with E-state index in [2.05, 4.69) is 5.32 Å². The van der Waals surface area contributed by atoms with Crippen LogP contribution in [0.2, 0.25) is 5.02 Å². The van der Waals surface area contributed by atoms with Gasteiger partial charge in [-0.05, 0) is 44.4 Å². The molecule has 2 aromatic rings. The van der Waals surface area contributed by atoms with Gasteiger partial charge in [0.05, 0.1) is 17.2 Å². The largest absolute Gasteiger partial charge is 0.353 e. The molecular weight excluding hydrogens is 487 g/mol. The van der Waals surface area contributed by atoms with Gasteiger partial charge in [0.25, 0.3) is 11.8 Å². The smallest absolute Gasteiger partial charge is 0.256 e. The molecule has 0 unspecified atom stereocenters. The van der Waals surface area contributed by atoms with Crippen LogP contribution >= 0.6 is 11.6 Å². The van der Waals surface area contributed by atoms with Crippen LogP contribution in [0.15, 0.2) is 48.5 Å². The highest BCUT2D eigenvalue weighted by Crippen LogP contribution is 2.39. The molecule has 0 aromatic heterocycles. The topological polar surface area (TPSA) is 82.2 Å². The van der Waals surface area contributed by atoms with Crippen molar-refractivity contribution >= 4 is 29.3 Å². The zero-order chi connectivity index (χ0) is 25.9. The van der Waals surface area contributed by atoms with Crippen LogP contribution < -0.4 is 5.32 Å². The molecular formula is C26H30ClFN4O4. The SMILES string of the molecule is CN(C)CCNC(=O)[C@@H]1COC2(CCN(C(=O)c3ccccc3Cl)CC2)N1C(=O)c1cccc(F)c1. The molecule has 0 saturated carbocycles. The molecule has 2 aliphatic heterocycles. The third kappa shape index (κ3) is 5.38. The first-order valence-electron chi connectivity index (χ1n) is 11.9. The Morgan fingerprint density at radius 2 is 1.83 bits per heavy atom. The molecule has 8 nitrogen and oxygen atoms in total. The number of likely N-dealkylation sites (tertiary alicyclic amines) is 1. The van der Waals surface area contributed by atoms with E-state index in [1.165, 1.54) is 23.1 Å². The molecule has 2 aliphatic rings. The second-order valence-electron chi connectivity index (χ2n) is 9.32. The Balaban J connectivity index is 1.56. The molecule has 4 rings (SSSR count). The van der Waals surface area contributed by atoms with E-state index < -0.39 is 23.5 Å². The molecule has 36 heavy (non-hydrogen) atoms. The van der Waals surface area contributed by atoms with Crippen molar-refractivity contribution in [3.05, 3.63) is 70.5 Å². The Labute approximate surface area is 214 Å². The van der Waals surface area contributed by atoms with Gasteiger partial charge in [-0.15, -0.1) is 0 Å². The van der Waals surface area contributed by atoms with Crippen LogP contribution in [0, 0.1) is 5.82 Å². The minimum atomic E-state index is -1.08. The fraction of sp³-hybridized carbons (Fsp3) is 0.423. The number of carbonyl (C=O) groups excluding carboxylic acids is 3. The highest BCUT2D eigenvalue weighted by Gasteiger charge is 2.54. The van der Waals surface area contributed by atoms with Gasteiger partial charge >= 0.3 is 0 Å². The van der Waals surface area contributed by atoms with Crippen molar-refractivity contribution in [2.75, 3.05) is 46.9 Å². The van der Waals surface area contributed by atoms with Gasteiger partial charge in [-0.3, -0.25) is 19.3 Å². The summed E-state index contributed by atoms with van der Waals surface area (Å²) in [4.78, 5) is 44.9. The summed E-state index contributed by atoms with van der Waals surface area (Å²) in [6, 6.07) is 11.4. The molecule has 0 bridgehead atoms. The van der Waals surface area contributed by atoms with Crippen molar-refractivity contribution in [2.45, 2.75) is 24.6 Å². The first-order valence-corrected chi connectivity index (χ1v) is 12.3. The molecule has 1 N–H and O–H groups in total. The van der Waals surface area contributed by atoms with Gasteiger partial charge in [-0.1, -0.05) is 29.8 Å². The third-order valence-corrected chi connectivity index (χ3v) is 6.98. The van der Waals surface area contributed by atoms with E-state index in [1.54, 1.807) is 29.2 Å². The summed E-state index contributed by atoms with van der Waals surface area (Å²) < 4.78 is 20.1. The number of hydrogen-bond donors (Lipinski definition) is 1. The van der Waals surface area contributed by atoms with Crippen molar-refractivity contribution in [1.82, 2.24) is 20.0 Å². The maximum Gasteiger partial charge on any atom is 0.256 e. The van der Waals surface area contributed by atoms with E-state index >= 15 is 0 Å². The molecule has 0 radical (unpaired) electrons. The average Bonchev–Trinajstić information content (AvgIpc) is 3.22. The number of piperidine rings is 1. The van der Waals surface area contributed by atoms with Gasteiger partial charge < -0.3 is 19.9 Å². The number of carbonyl (C=O) groups is 3. The van der Waals surface area contributed by atoms with Crippen molar-refractivity contribution in [3.8, 4) is 0 Å². The molecule has 1 atom stereocenters. The second-order valence-corrected chi connectivity index (χ2v) is 9.73. The number of nitrogens with zero attached hydrogens (tertiary/aromatic N) is 3. The maximum atomic E-state index is 13.9. The molecule has 10 heteroatoms. The van der Waals surface area contributed by atoms with Crippen molar-refractivity contribution < 1.29 is 23.5 Å². The quantitative estimate of drug-likeness (QED) is 0.638. The maximum absolute atomic E-state index is 13.9. The lowest BCUT2D eigenvalue weighted by Gasteiger charge is -2.44. The molecule has 2 aromatic carbocycles. The van der Waals surface area contributed by atoms with E-state index in [1.807, 2.05) is 19.0 Å². The fourth-order valence-corrected chi connectivity index (χ4v) is 4.93. The number of halogens is 2. The van der Waals surface area contributed by atoms with Crippen LogP contribution in [-0.4, -0.2) is 91.1 Å². The predicted molar refractivity (Wildman–Crippen MR) is 133 cm³/mol. The Morgan fingerprint density at radius 1 is 1.11 bits per heavy atom. The molecule has 3 amide bonds. The van der Waals surface area contributed by atoms with Gasteiger partial charge in [0, 0.05) is 44.6 Å². The first kappa shape index (κ1) is 26.1. The second kappa shape index (κ2) is 10.9. The summed E-state index contributed by atoms with van der Waals surface area (Å²) in [5, 5.41) is 3.25. The molecule has 192 valence electrons. The van der Waals surface area contributed by atoms with E-state index in [9.17, 15) is 18.8 Å². The number of hydrogen-bond acceptors (Lipinski definition) is 5. The summed E-state index contributed by atoms with van der Waals surface area (Å²) >= 11 is 6.22. The van der Waals surface area contributed by atoms with Crippen LogP contribution in [-0.2, 0) is 9.53 Å². The van der Waals surface area contributed by atoms with Crippen LogP contribution in [0.5, 0.6) is 0 Å². The van der Waals surface area contributed by atoms with Crippen molar-refractivity contribution in [1.29, 1.82) is 0 Å². The molecule has 0 aliphatic carbocycles. The number of nitrogens with one attached hydrogen (secondary N) is 1. The van der Waals surface area contributed by atoms with E-state index in [0.717, 1.165) is 6.07 Å². The number of rotatable bonds is 6. The minimum absolute atomic E-state index is 0.0211. The molecule has 2 fully saturated rings. The normalized spacial score (nSPS) is 19.1. The Kier molecular flexibility index (Phi) is 7.92. The van der Waals surface area contributed by atoms with Gasteiger partial charge in [0.15, 0.2) is 0 Å². The van der Waals surface area contributed by atoms with Gasteiger partial charge in [-0.25, -0.2) is 4.39 Å². The third-order valence-electron chi connectivity index (χ3n) is 6.65. The van der Waals surface area contributed by atoms with Crippen molar-refractivity contribution in [3.63, 3.8) is 0 Å². The monoisotopic (exact) mass is 516 g/mol. The highest BCUT2D eigenvalue weighted by molar-refractivity contribution is 6.33. The lowest BCUT2D eigenvalue weighted by molar-refractivity contribution is -0.128. The van der Waals surface area contributed by atoms with E-state index in [-0.39, 0.29) is 24.0 Å². The Morgan fingerprint density at radius 3 is 2.50 bits per heavy atom. The number of amides is 3. The van der Waals surface area contributed by atoms with Crippen LogP contribution in [0.3, 0.4) is 0 Å². The zero-order valence-corrected chi connectivity index (χ0v) is 21.1. The summed E-state index contributed by atoms with van der Waals surface area (Å²) in [7, 11) is 3.80. The summed E-state index contributed by atoms with van der Waals surface area (Å²) in [6.07, 6.45) is 0.622. The number of likely N-dealkylation sites (N-methyl/N-ethyl adjacent to an activating group) is 1. The van der Waals surface area contributed by atoms with Crippen LogP contribution in [0.1, 0.15) is 33.6 Å². The summed E-state index contributed by atoms with van der Waals surface area (Å²) in [5.41, 5.74) is -0.529. The number of benzene rings is 2.